The Bertz CT molecular complexity index is 538. The smallest absolute Gasteiger partial charge is 0.0305 e. The van der Waals surface area contributed by atoms with Crippen LogP contribution in [0.1, 0.15) is 23.1 Å². The fourth-order valence-corrected chi connectivity index (χ4v) is 3.41. The molecule has 0 bridgehead atoms. The molecule has 0 heterocycles. The number of rotatable bonds is 6. The molecule has 0 amide bonds. The maximum Gasteiger partial charge on any atom is 0.0305 e. The molecule has 0 N–H and O–H groups in total. The summed E-state index contributed by atoms with van der Waals surface area (Å²) < 4.78 is 0. The Balaban J connectivity index is 1.99. The molecule has 0 saturated heterocycles. The summed E-state index contributed by atoms with van der Waals surface area (Å²) >= 11 is 0. The predicted octanol–water partition coefficient (Wildman–Crippen LogP) is 5.17. The van der Waals surface area contributed by atoms with E-state index in [4.69, 9.17) is 0 Å². The van der Waals surface area contributed by atoms with Crippen LogP contribution in [-0.4, -0.2) is 8.80 Å². The van der Waals surface area contributed by atoms with Crippen LogP contribution in [0.5, 0.6) is 0 Å². The van der Waals surface area contributed by atoms with Crippen LogP contribution in [0.15, 0.2) is 61.2 Å². The van der Waals surface area contributed by atoms with Crippen molar-refractivity contribution in [1.29, 1.82) is 0 Å². The molecule has 0 atom stereocenters. The third-order valence-electron chi connectivity index (χ3n) is 3.67. The molecule has 0 aliphatic heterocycles. The normalized spacial score (nSPS) is 10.8. The van der Waals surface area contributed by atoms with Gasteiger partial charge in [-0.3, -0.25) is 0 Å². The number of hydrogen-bond donors (Lipinski definition) is 0. The summed E-state index contributed by atoms with van der Waals surface area (Å²) in [6, 6.07) is 20.8. The van der Waals surface area contributed by atoms with E-state index in [1.807, 2.05) is 6.07 Å². The molecule has 0 aliphatic carbocycles. The highest BCUT2D eigenvalue weighted by atomic mass is 28.3. The van der Waals surface area contributed by atoms with E-state index in [9.17, 15) is 0 Å². The Kier molecular flexibility index (Phi) is 5.37. The van der Waals surface area contributed by atoms with Crippen molar-refractivity contribution in [2.45, 2.75) is 32.0 Å². The van der Waals surface area contributed by atoms with Gasteiger partial charge in [-0.1, -0.05) is 86.7 Å². The fourth-order valence-electron chi connectivity index (χ4n) is 2.39. The van der Waals surface area contributed by atoms with Gasteiger partial charge in [-0.2, -0.15) is 0 Å². The maximum atomic E-state index is 4.22. The highest BCUT2D eigenvalue weighted by molar-refractivity contribution is 6.55. The van der Waals surface area contributed by atoms with E-state index in [1.165, 1.54) is 35.6 Å². The number of hydrogen-bond acceptors (Lipinski definition) is 0. The molecule has 0 radical (unpaired) electrons. The zero-order valence-electron chi connectivity index (χ0n) is 12.6. The molecule has 104 valence electrons. The molecule has 0 unspecified atom stereocenters. The van der Waals surface area contributed by atoms with Crippen molar-refractivity contribution in [3.8, 4) is 0 Å². The molecule has 2 rings (SSSR count). The van der Waals surface area contributed by atoms with Crippen LogP contribution in [0.2, 0.25) is 19.1 Å². The first-order valence-electron chi connectivity index (χ1n) is 7.50. The van der Waals surface area contributed by atoms with Crippen LogP contribution in [0.3, 0.4) is 0 Å². The molecule has 0 spiro atoms. The fraction of sp³-hybridized carbons (Fsp3) is 0.263. The van der Waals surface area contributed by atoms with Crippen molar-refractivity contribution in [3.05, 3.63) is 77.9 Å². The zero-order chi connectivity index (χ0) is 14.4. The summed E-state index contributed by atoms with van der Waals surface area (Å²) in [5.74, 6) is 0. The molecule has 1 heteroatoms. The molecule has 0 aliphatic rings. The van der Waals surface area contributed by atoms with Crippen LogP contribution in [0, 0.1) is 0 Å². The van der Waals surface area contributed by atoms with Gasteiger partial charge in [-0.05, 0) is 28.7 Å². The van der Waals surface area contributed by atoms with E-state index >= 15 is 0 Å². The van der Waals surface area contributed by atoms with Crippen molar-refractivity contribution in [2.75, 3.05) is 0 Å². The van der Waals surface area contributed by atoms with Crippen LogP contribution < -0.4 is 0 Å². The van der Waals surface area contributed by atoms with E-state index in [1.54, 1.807) is 0 Å². The van der Waals surface area contributed by atoms with Gasteiger partial charge in [-0.15, -0.1) is 0 Å². The van der Waals surface area contributed by atoms with Crippen LogP contribution >= 0.6 is 0 Å². The zero-order valence-corrected chi connectivity index (χ0v) is 13.8. The number of benzene rings is 2. The van der Waals surface area contributed by atoms with Gasteiger partial charge >= 0.3 is 0 Å². The Labute approximate surface area is 124 Å². The average molecular weight is 280 g/mol. The minimum Gasteiger partial charge on any atom is -0.0906 e. The molecule has 0 nitrogen and oxygen atoms in total. The van der Waals surface area contributed by atoms with Crippen LogP contribution in [0.4, 0.5) is 0 Å². The van der Waals surface area contributed by atoms with Crippen LogP contribution in [-0.2, 0) is 6.42 Å². The highest BCUT2D eigenvalue weighted by Crippen LogP contribution is 2.22. The summed E-state index contributed by atoms with van der Waals surface area (Å²) in [5.41, 5.74) is 4.97. The lowest BCUT2D eigenvalue weighted by atomic mass is 9.98. The second-order valence-corrected chi connectivity index (χ2v) is 9.19. The van der Waals surface area contributed by atoms with Gasteiger partial charge < -0.3 is 0 Å². The van der Waals surface area contributed by atoms with Gasteiger partial charge in [0, 0.05) is 8.80 Å². The quantitative estimate of drug-likeness (QED) is 0.641. The van der Waals surface area contributed by atoms with Crippen molar-refractivity contribution in [2.24, 2.45) is 0 Å². The average Bonchev–Trinajstić information content (AvgIpc) is 2.48. The van der Waals surface area contributed by atoms with Crippen LogP contribution in [0.25, 0.3) is 5.57 Å². The molecule has 2 aromatic rings. The van der Waals surface area contributed by atoms with E-state index in [2.05, 4.69) is 68.2 Å². The molecule has 0 fully saturated rings. The van der Waals surface area contributed by atoms with Gasteiger partial charge in [0.2, 0.25) is 0 Å². The minimum atomic E-state index is -0.393. The lowest BCUT2D eigenvalue weighted by Crippen LogP contribution is -1.99. The summed E-state index contributed by atoms with van der Waals surface area (Å²) in [5, 5.41) is 0. The Hall–Kier alpha value is -1.60. The summed E-state index contributed by atoms with van der Waals surface area (Å²) in [7, 11) is -0.393. The van der Waals surface area contributed by atoms with Gasteiger partial charge in [0.15, 0.2) is 0 Å². The van der Waals surface area contributed by atoms with Crippen molar-refractivity contribution in [3.63, 3.8) is 0 Å². The minimum absolute atomic E-state index is 0.393. The number of aryl methyl sites for hydroxylation is 1. The van der Waals surface area contributed by atoms with E-state index in [-0.39, 0.29) is 0 Å². The standard InChI is InChI=1S/C19H24Si/c1-16(18-9-5-4-6-10-18)19-13-11-17(12-14-19)8-7-15-20(2)3/h4-6,9-14,20H,1,7-8,15H2,2-3H3. The summed E-state index contributed by atoms with van der Waals surface area (Å²) in [6.45, 7) is 9.06. The third kappa shape index (κ3) is 4.21. The highest BCUT2D eigenvalue weighted by Gasteiger charge is 2.02. The first-order valence-corrected chi connectivity index (χ1v) is 10.6. The lowest BCUT2D eigenvalue weighted by molar-refractivity contribution is 0.909. The second-order valence-electron chi connectivity index (χ2n) is 5.83. The Morgan fingerprint density at radius 2 is 1.50 bits per heavy atom. The predicted molar refractivity (Wildman–Crippen MR) is 93.0 cm³/mol. The van der Waals surface area contributed by atoms with Gasteiger partial charge in [0.1, 0.15) is 0 Å². The Morgan fingerprint density at radius 3 is 2.10 bits per heavy atom. The van der Waals surface area contributed by atoms with E-state index in [0.717, 1.165) is 5.57 Å². The Morgan fingerprint density at radius 1 is 0.900 bits per heavy atom. The molecule has 2 aromatic carbocycles. The van der Waals surface area contributed by atoms with Crippen molar-refractivity contribution >= 4 is 14.4 Å². The largest absolute Gasteiger partial charge is 0.0906 e. The van der Waals surface area contributed by atoms with Crippen molar-refractivity contribution in [1.82, 2.24) is 0 Å². The van der Waals surface area contributed by atoms with Crippen molar-refractivity contribution < 1.29 is 0 Å². The molecule has 20 heavy (non-hydrogen) atoms. The molecule has 0 aromatic heterocycles. The van der Waals surface area contributed by atoms with Gasteiger partial charge in [0.05, 0.1) is 0 Å². The molecular weight excluding hydrogens is 256 g/mol. The van der Waals surface area contributed by atoms with Gasteiger partial charge in [-0.25, -0.2) is 0 Å². The maximum absolute atomic E-state index is 4.22. The summed E-state index contributed by atoms with van der Waals surface area (Å²) in [4.78, 5) is 0. The third-order valence-corrected chi connectivity index (χ3v) is 5.23. The monoisotopic (exact) mass is 280 g/mol. The van der Waals surface area contributed by atoms with E-state index < -0.39 is 8.80 Å². The van der Waals surface area contributed by atoms with Gasteiger partial charge in [0.25, 0.3) is 0 Å². The second kappa shape index (κ2) is 7.25. The molecule has 0 saturated carbocycles. The van der Waals surface area contributed by atoms with E-state index in [0.29, 0.717) is 0 Å². The summed E-state index contributed by atoms with van der Waals surface area (Å²) in [6.07, 6.45) is 2.55. The lowest BCUT2D eigenvalue weighted by Gasteiger charge is -2.08. The SMILES string of the molecule is C=C(c1ccccc1)c1ccc(CCC[SiH](C)C)cc1. The topological polar surface area (TPSA) is 0 Å². The molecular formula is C19H24Si. The first-order chi connectivity index (χ1) is 9.66. The first kappa shape index (κ1) is 14.8.